The number of rotatable bonds is 4. The third kappa shape index (κ3) is 4.28. The summed E-state index contributed by atoms with van der Waals surface area (Å²) in [6, 6.07) is 8.33. The minimum absolute atomic E-state index is 0.264. The predicted molar refractivity (Wildman–Crippen MR) is 72.4 cm³/mol. The van der Waals surface area contributed by atoms with Crippen LogP contribution in [0.1, 0.15) is 21.9 Å². The van der Waals surface area contributed by atoms with Crippen LogP contribution in [0.4, 0.5) is 13.2 Å². The molecule has 0 fully saturated rings. The highest BCUT2D eigenvalue weighted by Crippen LogP contribution is 2.23. The Bertz CT molecular complexity index is 647. The summed E-state index contributed by atoms with van der Waals surface area (Å²) in [5, 5.41) is 0. The monoisotopic (exact) mass is 313 g/mol. The predicted octanol–water partition coefficient (Wildman–Crippen LogP) is 3.76. The molecule has 1 aromatic heterocycles. The summed E-state index contributed by atoms with van der Waals surface area (Å²) in [6.45, 7) is 2.07. The first kappa shape index (κ1) is 15.9. The van der Waals surface area contributed by atoms with E-state index >= 15 is 0 Å². The van der Waals surface area contributed by atoms with Crippen molar-refractivity contribution in [3.8, 4) is 5.75 Å². The molecule has 2 rings (SSSR count). The van der Waals surface area contributed by atoms with E-state index in [2.05, 4.69) is 4.74 Å². The second-order valence-electron chi connectivity index (χ2n) is 4.75. The van der Waals surface area contributed by atoms with Gasteiger partial charge in [-0.05, 0) is 43.3 Å². The summed E-state index contributed by atoms with van der Waals surface area (Å²) < 4.78 is 45.3. The zero-order valence-electron chi connectivity index (χ0n) is 12.0. The first-order chi connectivity index (χ1) is 10.2. The van der Waals surface area contributed by atoms with Gasteiger partial charge in [-0.1, -0.05) is 0 Å². The highest BCUT2D eigenvalue weighted by molar-refractivity contribution is 5.94. The van der Waals surface area contributed by atoms with Gasteiger partial charge in [0, 0.05) is 12.6 Å². The summed E-state index contributed by atoms with van der Waals surface area (Å²) in [5.41, 5.74) is 0.264. The summed E-state index contributed by atoms with van der Waals surface area (Å²) in [4.78, 5) is 13.6. The van der Waals surface area contributed by atoms with Gasteiger partial charge in [0.2, 0.25) is 0 Å². The van der Waals surface area contributed by atoms with Crippen LogP contribution in [0.3, 0.4) is 0 Å². The van der Waals surface area contributed by atoms with E-state index in [-0.39, 0.29) is 23.8 Å². The maximum absolute atomic E-state index is 12.2. The molecule has 0 aliphatic carbocycles. The Morgan fingerprint density at radius 3 is 2.32 bits per heavy atom. The van der Waals surface area contributed by atoms with Crippen LogP contribution in [0.15, 0.2) is 40.8 Å². The van der Waals surface area contributed by atoms with Crippen LogP contribution in [-0.4, -0.2) is 24.2 Å². The fraction of sp³-hybridized carbons (Fsp3) is 0.267. The molecule has 1 aromatic carbocycles. The Kier molecular flexibility index (Phi) is 4.44. The van der Waals surface area contributed by atoms with Gasteiger partial charge in [-0.15, -0.1) is 13.2 Å². The summed E-state index contributed by atoms with van der Waals surface area (Å²) in [7, 11) is 1.58. The first-order valence-corrected chi connectivity index (χ1v) is 6.41. The lowest BCUT2D eigenvalue weighted by atomic mass is 10.2. The van der Waals surface area contributed by atoms with Crippen molar-refractivity contribution in [3.63, 3.8) is 0 Å². The van der Waals surface area contributed by atoms with Crippen LogP contribution < -0.4 is 4.74 Å². The zero-order chi connectivity index (χ0) is 16.3. The maximum Gasteiger partial charge on any atom is 0.573 e. The molecular formula is C15H14F3NO3. The van der Waals surface area contributed by atoms with Crippen molar-refractivity contribution in [2.75, 3.05) is 7.05 Å². The second kappa shape index (κ2) is 6.13. The van der Waals surface area contributed by atoms with Crippen LogP contribution >= 0.6 is 0 Å². The molecule has 0 saturated carbocycles. The van der Waals surface area contributed by atoms with Gasteiger partial charge in [-0.25, -0.2) is 0 Å². The molecule has 4 nitrogen and oxygen atoms in total. The average molecular weight is 313 g/mol. The lowest BCUT2D eigenvalue weighted by molar-refractivity contribution is -0.274. The molecule has 22 heavy (non-hydrogen) atoms. The molecule has 2 aromatic rings. The first-order valence-electron chi connectivity index (χ1n) is 6.41. The second-order valence-corrected chi connectivity index (χ2v) is 4.75. The Hall–Kier alpha value is -2.44. The number of benzene rings is 1. The Morgan fingerprint density at radius 1 is 1.18 bits per heavy atom. The SMILES string of the molecule is Cc1ccc(CN(C)C(=O)c2ccc(OC(F)(F)F)cc2)o1. The van der Waals surface area contributed by atoms with E-state index in [9.17, 15) is 18.0 Å². The van der Waals surface area contributed by atoms with Gasteiger partial charge in [0.05, 0.1) is 6.54 Å². The number of alkyl halides is 3. The molecule has 0 bridgehead atoms. The van der Waals surface area contributed by atoms with Gasteiger partial charge in [0.15, 0.2) is 0 Å². The van der Waals surface area contributed by atoms with E-state index in [4.69, 9.17) is 4.42 Å². The van der Waals surface area contributed by atoms with E-state index in [1.54, 1.807) is 26.1 Å². The maximum atomic E-state index is 12.2. The van der Waals surface area contributed by atoms with Crippen molar-refractivity contribution >= 4 is 5.91 Å². The summed E-state index contributed by atoms with van der Waals surface area (Å²) in [6.07, 6.45) is -4.75. The van der Waals surface area contributed by atoms with E-state index in [1.807, 2.05) is 0 Å². The number of hydrogen-bond donors (Lipinski definition) is 0. The number of carbonyl (C=O) groups excluding carboxylic acids is 1. The molecule has 1 heterocycles. The van der Waals surface area contributed by atoms with Gasteiger partial charge in [-0.3, -0.25) is 4.79 Å². The van der Waals surface area contributed by atoms with E-state index in [0.717, 1.165) is 17.9 Å². The quantitative estimate of drug-likeness (QED) is 0.863. The third-order valence-electron chi connectivity index (χ3n) is 2.87. The minimum atomic E-state index is -4.75. The van der Waals surface area contributed by atoms with Gasteiger partial charge in [0.1, 0.15) is 17.3 Å². The topological polar surface area (TPSA) is 42.7 Å². The van der Waals surface area contributed by atoms with Crippen molar-refractivity contribution in [2.45, 2.75) is 19.8 Å². The van der Waals surface area contributed by atoms with Crippen molar-refractivity contribution in [3.05, 3.63) is 53.5 Å². The number of hydrogen-bond acceptors (Lipinski definition) is 3. The number of furan rings is 1. The van der Waals surface area contributed by atoms with E-state index in [0.29, 0.717) is 5.76 Å². The number of aryl methyl sites for hydroxylation is 1. The molecule has 0 aliphatic rings. The van der Waals surface area contributed by atoms with Gasteiger partial charge in [-0.2, -0.15) is 0 Å². The number of halogens is 3. The van der Waals surface area contributed by atoms with Crippen LogP contribution in [0.25, 0.3) is 0 Å². The van der Waals surface area contributed by atoms with Crippen molar-refractivity contribution in [1.29, 1.82) is 0 Å². The van der Waals surface area contributed by atoms with Gasteiger partial charge < -0.3 is 14.1 Å². The standard InChI is InChI=1S/C15H14F3NO3/c1-10-3-6-13(21-10)9-19(2)14(20)11-4-7-12(8-5-11)22-15(16,17)18/h3-8H,9H2,1-2H3. The highest BCUT2D eigenvalue weighted by Gasteiger charge is 2.31. The molecule has 0 atom stereocenters. The fourth-order valence-corrected chi connectivity index (χ4v) is 1.90. The molecule has 0 N–H and O–H groups in total. The van der Waals surface area contributed by atoms with Gasteiger partial charge in [0.25, 0.3) is 5.91 Å². The van der Waals surface area contributed by atoms with Crippen LogP contribution in [0.2, 0.25) is 0 Å². The van der Waals surface area contributed by atoms with Crippen LogP contribution in [0, 0.1) is 6.92 Å². The fourth-order valence-electron chi connectivity index (χ4n) is 1.90. The molecule has 118 valence electrons. The van der Waals surface area contributed by atoms with Crippen molar-refractivity contribution < 1.29 is 27.1 Å². The van der Waals surface area contributed by atoms with Crippen molar-refractivity contribution in [1.82, 2.24) is 4.90 Å². The average Bonchev–Trinajstić information content (AvgIpc) is 2.82. The highest BCUT2D eigenvalue weighted by atomic mass is 19.4. The molecule has 0 aliphatic heterocycles. The normalized spacial score (nSPS) is 11.3. The molecule has 0 unspecified atom stereocenters. The smallest absolute Gasteiger partial charge is 0.464 e. The largest absolute Gasteiger partial charge is 0.573 e. The Morgan fingerprint density at radius 2 is 1.82 bits per heavy atom. The number of amides is 1. The summed E-state index contributed by atoms with van der Waals surface area (Å²) >= 11 is 0. The molecule has 1 amide bonds. The molecule has 0 radical (unpaired) electrons. The van der Waals surface area contributed by atoms with Gasteiger partial charge >= 0.3 is 6.36 Å². The lowest BCUT2D eigenvalue weighted by Crippen LogP contribution is -2.26. The third-order valence-corrected chi connectivity index (χ3v) is 2.87. The zero-order valence-corrected chi connectivity index (χ0v) is 12.0. The Labute approximate surface area is 125 Å². The minimum Gasteiger partial charge on any atom is -0.464 e. The molecule has 0 spiro atoms. The Balaban J connectivity index is 2.02. The number of carbonyl (C=O) groups is 1. The van der Waals surface area contributed by atoms with E-state index in [1.165, 1.54) is 17.0 Å². The molecule has 7 heteroatoms. The van der Waals surface area contributed by atoms with Crippen LogP contribution in [0.5, 0.6) is 5.75 Å². The van der Waals surface area contributed by atoms with Crippen molar-refractivity contribution in [2.24, 2.45) is 0 Å². The number of ether oxygens (including phenoxy) is 1. The summed E-state index contributed by atoms with van der Waals surface area (Å²) in [5.74, 6) is 0.677. The lowest BCUT2D eigenvalue weighted by Gasteiger charge is -2.16. The van der Waals surface area contributed by atoms with Crippen LogP contribution in [-0.2, 0) is 6.54 Å². The molecular weight excluding hydrogens is 299 g/mol. The number of nitrogens with zero attached hydrogens (tertiary/aromatic N) is 1. The van der Waals surface area contributed by atoms with E-state index < -0.39 is 6.36 Å². The molecule has 0 saturated heterocycles.